The predicted molar refractivity (Wildman–Crippen MR) is 126 cm³/mol. The molecule has 0 aliphatic rings. The molecule has 1 amide bonds. The number of nitrogens with one attached hydrogen (secondary N) is 3. The van der Waals surface area contributed by atoms with E-state index in [-0.39, 0.29) is 29.9 Å². The van der Waals surface area contributed by atoms with Crippen LogP contribution in [0.3, 0.4) is 0 Å². The summed E-state index contributed by atoms with van der Waals surface area (Å²) in [5.41, 5.74) is 1.96. The van der Waals surface area contributed by atoms with Gasteiger partial charge < -0.3 is 16.0 Å². The molecule has 0 aliphatic carbocycles. The standard InChI is InChI=1S/C20H25BrN4O.HI/c1-22-20(25-15-12-16-6-3-2-4-7-16)24-14-5-13-23-19(26)17-8-10-18(21)11-9-17;/h2-4,6-11H,5,12-15H2,1H3,(H,23,26)(H2,22,24,25);1H. The molecular weight excluding hydrogens is 519 g/mol. The van der Waals surface area contributed by atoms with E-state index in [9.17, 15) is 4.79 Å². The summed E-state index contributed by atoms with van der Waals surface area (Å²) in [6.45, 7) is 2.18. The van der Waals surface area contributed by atoms with E-state index in [4.69, 9.17) is 0 Å². The van der Waals surface area contributed by atoms with Crippen molar-refractivity contribution in [3.05, 3.63) is 70.2 Å². The Balaban J connectivity index is 0.00000364. The van der Waals surface area contributed by atoms with Gasteiger partial charge in [-0.3, -0.25) is 9.79 Å². The van der Waals surface area contributed by atoms with Crippen molar-refractivity contribution in [2.75, 3.05) is 26.7 Å². The first-order valence-electron chi connectivity index (χ1n) is 8.71. The Morgan fingerprint density at radius 2 is 1.56 bits per heavy atom. The summed E-state index contributed by atoms with van der Waals surface area (Å²) in [6.07, 6.45) is 1.77. The molecule has 0 atom stereocenters. The van der Waals surface area contributed by atoms with Crippen LogP contribution in [0.25, 0.3) is 0 Å². The SMILES string of the molecule is CN=C(NCCCNC(=O)c1ccc(Br)cc1)NCCc1ccccc1.I. The number of aliphatic imine (C=N–C) groups is 1. The first-order chi connectivity index (χ1) is 12.7. The largest absolute Gasteiger partial charge is 0.356 e. The number of halogens is 2. The number of carbonyl (C=O) groups is 1. The molecule has 0 aliphatic heterocycles. The van der Waals surface area contributed by atoms with Crippen molar-refractivity contribution in [1.82, 2.24) is 16.0 Å². The second-order valence-corrected chi connectivity index (χ2v) is 6.69. The van der Waals surface area contributed by atoms with Gasteiger partial charge in [0.2, 0.25) is 0 Å². The van der Waals surface area contributed by atoms with E-state index in [1.54, 1.807) is 19.2 Å². The highest BCUT2D eigenvalue weighted by Gasteiger charge is 2.04. The van der Waals surface area contributed by atoms with E-state index < -0.39 is 0 Å². The molecule has 5 nitrogen and oxygen atoms in total. The van der Waals surface area contributed by atoms with E-state index in [1.807, 2.05) is 30.3 Å². The molecule has 0 fully saturated rings. The molecule has 0 saturated heterocycles. The predicted octanol–water partition coefficient (Wildman–Crippen LogP) is 3.59. The first kappa shape index (κ1) is 23.4. The number of benzene rings is 2. The van der Waals surface area contributed by atoms with Gasteiger partial charge in [-0.15, -0.1) is 24.0 Å². The molecule has 0 saturated carbocycles. The minimum atomic E-state index is -0.0529. The Bertz CT molecular complexity index is 708. The molecule has 0 radical (unpaired) electrons. The molecule has 0 heterocycles. The third kappa shape index (κ3) is 9.23. The highest BCUT2D eigenvalue weighted by atomic mass is 127. The van der Waals surface area contributed by atoms with Gasteiger partial charge in [0, 0.05) is 36.7 Å². The molecule has 27 heavy (non-hydrogen) atoms. The molecule has 2 aromatic rings. The molecule has 0 aromatic heterocycles. The van der Waals surface area contributed by atoms with E-state index >= 15 is 0 Å². The van der Waals surface area contributed by atoms with Crippen LogP contribution in [0.1, 0.15) is 22.3 Å². The van der Waals surface area contributed by atoms with Crippen LogP contribution in [0.15, 0.2) is 64.1 Å². The average molecular weight is 545 g/mol. The second kappa shape index (κ2) is 13.5. The fourth-order valence-corrected chi connectivity index (χ4v) is 2.66. The summed E-state index contributed by atoms with van der Waals surface area (Å²) < 4.78 is 0.962. The lowest BCUT2D eigenvalue weighted by atomic mass is 10.1. The van der Waals surface area contributed by atoms with Gasteiger partial charge in [-0.1, -0.05) is 46.3 Å². The lowest BCUT2D eigenvalue weighted by molar-refractivity contribution is 0.0953. The van der Waals surface area contributed by atoms with Crippen molar-refractivity contribution in [2.24, 2.45) is 4.99 Å². The first-order valence-corrected chi connectivity index (χ1v) is 9.50. The van der Waals surface area contributed by atoms with E-state index in [1.165, 1.54) is 5.56 Å². The molecule has 2 rings (SSSR count). The van der Waals surface area contributed by atoms with E-state index in [0.717, 1.165) is 36.4 Å². The van der Waals surface area contributed by atoms with Gasteiger partial charge >= 0.3 is 0 Å². The Hall–Kier alpha value is -1.61. The Labute approximate surface area is 186 Å². The van der Waals surface area contributed by atoms with Gasteiger partial charge in [-0.25, -0.2) is 0 Å². The van der Waals surface area contributed by atoms with Crippen LogP contribution in [0, 0.1) is 0 Å². The van der Waals surface area contributed by atoms with Gasteiger partial charge in [0.25, 0.3) is 5.91 Å². The third-order valence-electron chi connectivity index (χ3n) is 3.81. The van der Waals surface area contributed by atoms with Gasteiger partial charge in [-0.2, -0.15) is 0 Å². The van der Waals surface area contributed by atoms with Crippen LogP contribution in [0.5, 0.6) is 0 Å². The summed E-state index contributed by atoms with van der Waals surface area (Å²) in [4.78, 5) is 16.2. The summed E-state index contributed by atoms with van der Waals surface area (Å²) in [5, 5.41) is 9.47. The van der Waals surface area contributed by atoms with Gasteiger partial charge in [-0.05, 0) is 42.7 Å². The summed E-state index contributed by atoms with van der Waals surface area (Å²) in [5.74, 6) is 0.725. The minimum Gasteiger partial charge on any atom is -0.356 e. The molecule has 0 unspecified atom stereocenters. The zero-order valence-corrected chi connectivity index (χ0v) is 19.3. The van der Waals surface area contributed by atoms with Gasteiger partial charge in [0.15, 0.2) is 5.96 Å². The van der Waals surface area contributed by atoms with Crippen LogP contribution in [-0.2, 0) is 6.42 Å². The maximum atomic E-state index is 12.0. The monoisotopic (exact) mass is 544 g/mol. The van der Waals surface area contributed by atoms with Crippen LogP contribution in [-0.4, -0.2) is 38.5 Å². The highest BCUT2D eigenvalue weighted by Crippen LogP contribution is 2.10. The van der Waals surface area contributed by atoms with Crippen LogP contribution in [0.2, 0.25) is 0 Å². The fourth-order valence-electron chi connectivity index (χ4n) is 2.39. The number of nitrogens with zero attached hydrogens (tertiary/aromatic N) is 1. The highest BCUT2D eigenvalue weighted by molar-refractivity contribution is 14.0. The Morgan fingerprint density at radius 3 is 2.22 bits per heavy atom. The Morgan fingerprint density at radius 1 is 0.926 bits per heavy atom. The molecular formula is C20H26BrIN4O. The molecule has 3 N–H and O–H groups in total. The zero-order valence-electron chi connectivity index (χ0n) is 15.4. The Kier molecular flexibility index (Phi) is 11.8. The van der Waals surface area contributed by atoms with Crippen molar-refractivity contribution in [2.45, 2.75) is 12.8 Å². The van der Waals surface area contributed by atoms with Crippen LogP contribution in [0.4, 0.5) is 0 Å². The number of guanidine groups is 1. The third-order valence-corrected chi connectivity index (χ3v) is 4.34. The molecule has 2 aromatic carbocycles. The molecule has 7 heteroatoms. The molecule has 146 valence electrons. The smallest absolute Gasteiger partial charge is 0.251 e. The summed E-state index contributed by atoms with van der Waals surface area (Å²) in [6, 6.07) is 17.7. The average Bonchev–Trinajstić information content (AvgIpc) is 2.67. The summed E-state index contributed by atoms with van der Waals surface area (Å²) in [7, 11) is 1.76. The fraction of sp³-hybridized carbons (Fsp3) is 0.300. The van der Waals surface area contributed by atoms with Crippen molar-refractivity contribution < 1.29 is 4.79 Å². The normalized spacial score (nSPS) is 10.7. The summed E-state index contributed by atoms with van der Waals surface area (Å²) >= 11 is 3.36. The maximum Gasteiger partial charge on any atom is 0.251 e. The number of rotatable bonds is 8. The lowest BCUT2D eigenvalue weighted by Crippen LogP contribution is -2.39. The van der Waals surface area contributed by atoms with Gasteiger partial charge in [0.05, 0.1) is 0 Å². The van der Waals surface area contributed by atoms with Crippen LogP contribution < -0.4 is 16.0 Å². The number of amides is 1. The molecule has 0 bridgehead atoms. The van der Waals surface area contributed by atoms with Crippen molar-refractivity contribution in [1.29, 1.82) is 0 Å². The van der Waals surface area contributed by atoms with Gasteiger partial charge in [0.1, 0.15) is 0 Å². The number of carbonyl (C=O) groups excluding carboxylic acids is 1. The zero-order chi connectivity index (χ0) is 18.6. The van der Waals surface area contributed by atoms with E-state index in [2.05, 4.69) is 49.0 Å². The molecule has 0 spiro atoms. The topological polar surface area (TPSA) is 65.5 Å². The van der Waals surface area contributed by atoms with Crippen LogP contribution >= 0.6 is 39.9 Å². The quantitative estimate of drug-likeness (QED) is 0.206. The second-order valence-electron chi connectivity index (χ2n) is 5.78. The van der Waals surface area contributed by atoms with Crippen molar-refractivity contribution >= 4 is 51.8 Å². The maximum absolute atomic E-state index is 12.0. The number of hydrogen-bond acceptors (Lipinski definition) is 2. The van der Waals surface area contributed by atoms with Crippen molar-refractivity contribution in [3.8, 4) is 0 Å². The lowest BCUT2D eigenvalue weighted by Gasteiger charge is -2.12. The number of hydrogen-bond donors (Lipinski definition) is 3. The minimum absolute atomic E-state index is 0. The van der Waals surface area contributed by atoms with E-state index in [0.29, 0.717) is 12.1 Å². The van der Waals surface area contributed by atoms with Crippen molar-refractivity contribution in [3.63, 3.8) is 0 Å².